The van der Waals surface area contributed by atoms with Gasteiger partial charge in [0.05, 0.1) is 25.3 Å². The molecule has 4 aliphatic rings. The van der Waals surface area contributed by atoms with Crippen molar-refractivity contribution < 1.29 is 19.1 Å². The van der Waals surface area contributed by atoms with Crippen LogP contribution in [0.4, 0.5) is 0 Å². The quantitative estimate of drug-likeness (QED) is 0.289. The molecule has 4 saturated heterocycles. The van der Waals surface area contributed by atoms with Crippen molar-refractivity contribution in [1.82, 2.24) is 29.8 Å². The molecule has 4 rings (SSSR count). The fourth-order valence-corrected chi connectivity index (χ4v) is 8.16. The van der Waals surface area contributed by atoms with Crippen molar-refractivity contribution in [3.63, 3.8) is 0 Å². The number of likely N-dealkylation sites (tertiary alicyclic amines) is 3. The van der Waals surface area contributed by atoms with Crippen molar-refractivity contribution in [3.05, 3.63) is 0 Å². The number of Topliss-reactive ketones (excluding diaryl/α,β-unsaturated/α-hetero) is 2. The van der Waals surface area contributed by atoms with E-state index in [9.17, 15) is 14.4 Å². The lowest BCUT2D eigenvalue weighted by molar-refractivity contribution is -0.140. The van der Waals surface area contributed by atoms with Gasteiger partial charge in [0.1, 0.15) is 11.6 Å². The summed E-state index contributed by atoms with van der Waals surface area (Å²) in [5, 5.41) is 3.58. The highest BCUT2D eigenvalue weighted by molar-refractivity contribution is 5.82. The lowest BCUT2D eigenvalue weighted by Gasteiger charge is -2.52. The molecular weight excluding hydrogens is 580 g/mol. The number of hydrogen-bond donors (Lipinski definition) is 1. The number of amides is 1. The molecule has 46 heavy (non-hydrogen) atoms. The van der Waals surface area contributed by atoms with E-state index in [0.29, 0.717) is 55.0 Å². The lowest BCUT2D eigenvalue weighted by atomic mass is 9.76. The summed E-state index contributed by atoms with van der Waals surface area (Å²) >= 11 is 0. The molecule has 4 aliphatic heterocycles. The molecule has 0 aliphatic carbocycles. The predicted molar refractivity (Wildman–Crippen MR) is 184 cm³/mol. The molecule has 0 saturated carbocycles. The van der Waals surface area contributed by atoms with E-state index in [1.54, 1.807) is 6.92 Å². The minimum absolute atomic E-state index is 0.0445. The first-order valence-corrected chi connectivity index (χ1v) is 18.6. The van der Waals surface area contributed by atoms with E-state index in [0.717, 1.165) is 97.8 Å². The number of ketones is 2. The Morgan fingerprint density at radius 1 is 0.783 bits per heavy atom. The van der Waals surface area contributed by atoms with E-state index in [4.69, 9.17) is 4.74 Å². The molecule has 4 fully saturated rings. The highest BCUT2D eigenvalue weighted by Gasteiger charge is 2.44. The molecule has 0 spiro atoms. The first-order valence-electron chi connectivity index (χ1n) is 18.6. The topological polar surface area (TPSA) is 88.7 Å². The van der Waals surface area contributed by atoms with Crippen LogP contribution in [0.1, 0.15) is 80.1 Å². The third kappa shape index (κ3) is 11.1. The number of carbonyl (C=O) groups is 3. The van der Waals surface area contributed by atoms with Gasteiger partial charge in [0.15, 0.2) is 0 Å². The summed E-state index contributed by atoms with van der Waals surface area (Å²) in [7, 11) is 0. The minimum Gasteiger partial charge on any atom is -0.374 e. The third-order valence-corrected chi connectivity index (χ3v) is 11.1. The fraction of sp³-hybridized carbons (Fsp3) is 0.917. The van der Waals surface area contributed by atoms with Gasteiger partial charge in [-0.3, -0.25) is 29.1 Å². The number of piperazine rings is 1. The fourth-order valence-electron chi connectivity index (χ4n) is 8.16. The van der Waals surface area contributed by atoms with Gasteiger partial charge in [-0.25, -0.2) is 0 Å². The second-order valence-corrected chi connectivity index (χ2v) is 15.2. The maximum absolute atomic E-state index is 12.9. The largest absolute Gasteiger partial charge is 0.374 e. The number of nitrogens with one attached hydrogen (secondary N) is 1. The normalized spacial score (nSPS) is 26.2. The van der Waals surface area contributed by atoms with Gasteiger partial charge < -0.3 is 19.9 Å². The molecule has 0 radical (unpaired) electrons. The van der Waals surface area contributed by atoms with E-state index in [-0.39, 0.29) is 24.0 Å². The molecule has 10 heteroatoms. The van der Waals surface area contributed by atoms with Crippen LogP contribution in [0, 0.1) is 17.8 Å². The van der Waals surface area contributed by atoms with Crippen LogP contribution in [0.15, 0.2) is 0 Å². The maximum Gasteiger partial charge on any atom is 0.219 e. The first-order chi connectivity index (χ1) is 22.0. The molecule has 0 aromatic heterocycles. The summed E-state index contributed by atoms with van der Waals surface area (Å²) in [6.07, 6.45) is 6.05. The molecule has 0 aromatic rings. The predicted octanol–water partition coefficient (Wildman–Crippen LogP) is 2.60. The Kier molecular flexibility index (Phi) is 14.9. The van der Waals surface area contributed by atoms with Crippen LogP contribution in [0.3, 0.4) is 0 Å². The van der Waals surface area contributed by atoms with Crippen LogP contribution in [0.5, 0.6) is 0 Å². The smallest absolute Gasteiger partial charge is 0.219 e. The third-order valence-electron chi connectivity index (χ3n) is 11.1. The van der Waals surface area contributed by atoms with E-state index < -0.39 is 0 Å². The summed E-state index contributed by atoms with van der Waals surface area (Å²) in [5.74, 6) is 1.75. The molecule has 3 unspecified atom stereocenters. The van der Waals surface area contributed by atoms with Crippen molar-refractivity contribution in [3.8, 4) is 0 Å². The lowest BCUT2D eigenvalue weighted by Crippen LogP contribution is -2.62. The van der Waals surface area contributed by atoms with Gasteiger partial charge >= 0.3 is 0 Å². The van der Waals surface area contributed by atoms with Gasteiger partial charge in [0, 0.05) is 103 Å². The Bertz CT molecular complexity index is 954. The van der Waals surface area contributed by atoms with Gasteiger partial charge in [-0.05, 0) is 51.1 Å². The van der Waals surface area contributed by atoms with Crippen molar-refractivity contribution in [2.75, 3.05) is 91.6 Å². The standard InChI is InChI=1S/C36H66N6O4/c1-7-31(44)24-39-20-22-42(23-21-39)36(30-8-14-38(15-9-30)19-13-37-28(4)5)33-25-40(26-34(45)27(2)3)16-12-35(33)46-32-10-17-41(18-11-32)29(6)43/h27-28,30,32-33,35-37H,7-26H2,1-6H3. The SMILES string of the molecule is CCC(=O)CN1CCN(C(C2CCN(CCNC(C)C)CC2)C2CN(CC(=O)C(C)C)CCC2OC2CCN(C(C)=O)CC2)CC1. The molecule has 264 valence electrons. The summed E-state index contributed by atoms with van der Waals surface area (Å²) < 4.78 is 7.07. The van der Waals surface area contributed by atoms with Crippen molar-refractivity contribution in [2.24, 2.45) is 17.8 Å². The van der Waals surface area contributed by atoms with Crippen LogP contribution in [0.2, 0.25) is 0 Å². The van der Waals surface area contributed by atoms with Crippen molar-refractivity contribution in [2.45, 2.75) is 104 Å². The molecular formula is C36H66N6O4. The summed E-state index contributed by atoms with van der Waals surface area (Å²) in [5.41, 5.74) is 0. The summed E-state index contributed by atoms with van der Waals surface area (Å²) in [6, 6.07) is 0.899. The zero-order valence-corrected chi connectivity index (χ0v) is 30.1. The van der Waals surface area contributed by atoms with Crippen molar-refractivity contribution >= 4 is 17.5 Å². The van der Waals surface area contributed by atoms with Crippen LogP contribution < -0.4 is 5.32 Å². The Morgan fingerprint density at radius 3 is 2.02 bits per heavy atom. The molecule has 4 heterocycles. The van der Waals surface area contributed by atoms with Crippen molar-refractivity contribution in [1.29, 1.82) is 0 Å². The molecule has 3 atom stereocenters. The average Bonchev–Trinajstić information content (AvgIpc) is 3.03. The number of nitrogens with zero attached hydrogens (tertiary/aromatic N) is 5. The number of piperidine rings is 3. The maximum atomic E-state index is 12.9. The van der Waals surface area contributed by atoms with Gasteiger partial charge in [0.2, 0.25) is 5.91 Å². The van der Waals surface area contributed by atoms with Crippen LogP contribution in [-0.2, 0) is 19.1 Å². The van der Waals surface area contributed by atoms with E-state index in [1.165, 1.54) is 12.8 Å². The van der Waals surface area contributed by atoms with Gasteiger partial charge in [0.25, 0.3) is 0 Å². The van der Waals surface area contributed by atoms with E-state index >= 15 is 0 Å². The highest BCUT2D eigenvalue weighted by atomic mass is 16.5. The Morgan fingerprint density at radius 2 is 1.43 bits per heavy atom. The first kappa shape index (κ1) is 37.4. The van der Waals surface area contributed by atoms with Crippen LogP contribution in [0.25, 0.3) is 0 Å². The molecule has 0 bridgehead atoms. The van der Waals surface area contributed by atoms with Gasteiger partial charge in [-0.15, -0.1) is 0 Å². The van der Waals surface area contributed by atoms with E-state index in [1.807, 2.05) is 25.7 Å². The highest BCUT2D eigenvalue weighted by Crippen LogP contribution is 2.36. The summed E-state index contributed by atoms with van der Waals surface area (Å²) in [6.45, 7) is 24.7. The molecule has 0 aromatic carbocycles. The zero-order chi connectivity index (χ0) is 33.2. The van der Waals surface area contributed by atoms with Crippen LogP contribution in [-0.4, -0.2) is 158 Å². The Labute approximate surface area is 279 Å². The number of carbonyl (C=O) groups excluding carboxylic acids is 3. The number of hydrogen-bond acceptors (Lipinski definition) is 9. The number of ether oxygens (including phenoxy) is 1. The monoisotopic (exact) mass is 647 g/mol. The Balaban J connectivity index is 1.52. The summed E-state index contributed by atoms with van der Waals surface area (Å²) in [4.78, 5) is 49.3. The minimum atomic E-state index is 0.0445. The van der Waals surface area contributed by atoms with Gasteiger partial charge in [-0.2, -0.15) is 0 Å². The second-order valence-electron chi connectivity index (χ2n) is 15.2. The second kappa shape index (κ2) is 18.4. The van der Waals surface area contributed by atoms with Gasteiger partial charge in [-0.1, -0.05) is 34.6 Å². The number of rotatable bonds is 15. The average molecular weight is 647 g/mol. The zero-order valence-electron chi connectivity index (χ0n) is 30.1. The molecule has 1 amide bonds. The molecule has 10 nitrogen and oxygen atoms in total. The van der Waals surface area contributed by atoms with E-state index in [2.05, 4.69) is 38.8 Å². The van der Waals surface area contributed by atoms with Crippen LogP contribution >= 0.6 is 0 Å². The Hall–Kier alpha value is -1.43. The molecule has 1 N–H and O–H groups in total.